The molecule has 6 heteroatoms. The van der Waals surface area contributed by atoms with Crippen LogP contribution in [-0.4, -0.2) is 20.4 Å². The van der Waals surface area contributed by atoms with Crippen LogP contribution in [0.1, 0.15) is 18.4 Å². The zero-order valence-corrected chi connectivity index (χ0v) is 11.9. The first-order valence-corrected chi connectivity index (χ1v) is 6.48. The molecule has 0 aliphatic rings. The van der Waals surface area contributed by atoms with Crippen molar-refractivity contribution in [2.45, 2.75) is 19.3 Å². The maximum atomic E-state index is 8.22. The predicted octanol–water partition coefficient (Wildman–Crippen LogP) is 4.06. The van der Waals surface area contributed by atoms with Gasteiger partial charge in [0.25, 0.3) is 0 Å². The van der Waals surface area contributed by atoms with Gasteiger partial charge in [0.15, 0.2) is 6.73 Å². The number of methoxy groups -OCH3 is 1. The SMILES string of the molecule is COCCCCc1cc(Br)ccc1OCN=[N+]=[N-]. The van der Waals surface area contributed by atoms with E-state index in [2.05, 4.69) is 26.0 Å². The van der Waals surface area contributed by atoms with E-state index in [4.69, 9.17) is 15.0 Å². The molecule has 1 rings (SSSR count). The van der Waals surface area contributed by atoms with Gasteiger partial charge in [-0.25, -0.2) is 0 Å². The Bertz CT molecular complexity index is 420. The highest BCUT2D eigenvalue weighted by Crippen LogP contribution is 2.25. The number of benzene rings is 1. The van der Waals surface area contributed by atoms with E-state index < -0.39 is 0 Å². The number of ether oxygens (including phenoxy) is 2. The molecule has 0 heterocycles. The zero-order valence-electron chi connectivity index (χ0n) is 10.3. The third kappa shape index (κ3) is 5.40. The van der Waals surface area contributed by atoms with E-state index in [0.717, 1.165) is 41.7 Å². The molecule has 5 nitrogen and oxygen atoms in total. The van der Waals surface area contributed by atoms with Gasteiger partial charge in [-0.05, 0) is 48.6 Å². The lowest BCUT2D eigenvalue weighted by Crippen LogP contribution is -1.98. The van der Waals surface area contributed by atoms with Crippen molar-refractivity contribution in [3.63, 3.8) is 0 Å². The molecule has 0 N–H and O–H groups in total. The average Bonchev–Trinajstić information content (AvgIpc) is 2.37. The molecular formula is C12H16BrN3O2. The second-order valence-electron chi connectivity index (χ2n) is 3.71. The number of unbranched alkanes of at least 4 members (excludes halogenated alkanes) is 1. The number of nitrogens with zero attached hydrogens (tertiary/aromatic N) is 3. The van der Waals surface area contributed by atoms with Gasteiger partial charge in [0.2, 0.25) is 0 Å². The molecule has 0 spiro atoms. The molecule has 0 aromatic heterocycles. The first-order valence-electron chi connectivity index (χ1n) is 5.69. The fourth-order valence-corrected chi connectivity index (χ4v) is 1.98. The van der Waals surface area contributed by atoms with E-state index in [1.54, 1.807) is 7.11 Å². The van der Waals surface area contributed by atoms with Crippen LogP contribution in [0.15, 0.2) is 27.8 Å². The Morgan fingerprint density at radius 2 is 2.22 bits per heavy atom. The summed E-state index contributed by atoms with van der Waals surface area (Å²) < 4.78 is 11.4. The Morgan fingerprint density at radius 1 is 1.39 bits per heavy atom. The Morgan fingerprint density at radius 3 is 2.94 bits per heavy atom. The monoisotopic (exact) mass is 313 g/mol. The standard InChI is InChI=1S/C12H16BrN3O2/c1-17-7-3-2-4-10-8-11(13)5-6-12(10)18-9-15-16-14/h5-6,8H,2-4,7,9H2,1H3. The first-order chi connectivity index (χ1) is 8.77. The normalized spacial score (nSPS) is 9.89. The lowest BCUT2D eigenvalue weighted by atomic mass is 10.1. The Kier molecular flexibility index (Phi) is 7.25. The lowest BCUT2D eigenvalue weighted by Gasteiger charge is -2.10. The zero-order chi connectivity index (χ0) is 13.2. The van der Waals surface area contributed by atoms with Crippen molar-refractivity contribution in [1.82, 2.24) is 0 Å². The van der Waals surface area contributed by atoms with Gasteiger partial charge in [-0.1, -0.05) is 21.0 Å². The molecule has 98 valence electrons. The van der Waals surface area contributed by atoms with Crippen molar-refractivity contribution in [3.8, 4) is 5.75 Å². The van der Waals surface area contributed by atoms with Crippen molar-refractivity contribution in [2.75, 3.05) is 20.4 Å². The summed E-state index contributed by atoms with van der Waals surface area (Å²) in [5, 5.41) is 3.37. The van der Waals surface area contributed by atoms with Gasteiger partial charge in [-0.3, -0.25) is 0 Å². The van der Waals surface area contributed by atoms with Gasteiger partial charge >= 0.3 is 0 Å². The van der Waals surface area contributed by atoms with Crippen LogP contribution >= 0.6 is 15.9 Å². The second kappa shape index (κ2) is 8.80. The molecule has 0 amide bonds. The van der Waals surface area contributed by atoms with Crippen LogP contribution in [0.4, 0.5) is 0 Å². The highest BCUT2D eigenvalue weighted by Gasteiger charge is 2.04. The molecule has 0 aliphatic carbocycles. The number of aryl methyl sites for hydroxylation is 1. The largest absolute Gasteiger partial charge is 0.487 e. The minimum atomic E-state index is 0.0171. The molecule has 0 bridgehead atoms. The Balaban J connectivity index is 2.61. The maximum Gasteiger partial charge on any atom is 0.167 e. The van der Waals surface area contributed by atoms with E-state index >= 15 is 0 Å². The minimum absolute atomic E-state index is 0.0171. The molecule has 0 fully saturated rings. The molecule has 1 aromatic rings. The predicted molar refractivity (Wildman–Crippen MR) is 73.6 cm³/mol. The average molecular weight is 314 g/mol. The third-order valence-electron chi connectivity index (χ3n) is 2.41. The van der Waals surface area contributed by atoms with Crippen molar-refractivity contribution in [2.24, 2.45) is 5.11 Å². The molecule has 1 aromatic carbocycles. The van der Waals surface area contributed by atoms with E-state index in [1.807, 2.05) is 18.2 Å². The molecule has 0 atom stereocenters. The molecule has 18 heavy (non-hydrogen) atoms. The summed E-state index contributed by atoms with van der Waals surface area (Å²) in [6, 6.07) is 5.81. The number of rotatable bonds is 8. The van der Waals surface area contributed by atoms with Crippen molar-refractivity contribution >= 4 is 15.9 Å². The summed E-state index contributed by atoms with van der Waals surface area (Å²) in [5.41, 5.74) is 9.32. The minimum Gasteiger partial charge on any atom is -0.487 e. The van der Waals surface area contributed by atoms with Gasteiger partial charge in [-0.15, -0.1) is 0 Å². The summed E-state index contributed by atoms with van der Waals surface area (Å²) in [6.07, 6.45) is 2.95. The first kappa shape index (κ1) is 14.8. The smallest absolute Gasteiger partial charge is 0.167 e. The summed E-state index contributed by atoms with van der Waals surface area (Å²) in [7, 11) is 1.70. The number of azide groups is 1. The van der Waals surface area contributed by atoms with Crippen molar-refractivity contribution in [1.29, 1.82) is 0 Å². The van der Waals surface area contributed by atoms with Gasteiger partial charge in [0, 0.05) is 23.1 Å². The lowest BCUT2D eigenvalue weighted by molar-refractivity contribution is 0.193. The van der Waals surface area contributed by atoms with Gasteiger partial charge in [0.1, 0.15) is 5.75 Å². The molecule has 0 aliphatic heterocycles. The molecule has 0 radical (unpaired) electrons. The summed E-state index contributed by atoms with van der Waals surface area (Å²) in [6.45, 7) is 0.784. The molecule has 0 saturated carbocycles. The van der Waals surface area contributed by atoms with Crippen LogP contribution in [0.2, 0.25) is 0 Å². The van der Waals surface area contributed by atoms with Crippen LogP contribution in [0.3, 0.4) is 0 Å². The van der Waals surface area contributed by atoms with Crippen molar-refractivity contribution in [3.05, 3.63) is 38.7 Å². The second-order valence-corrected chi connectivity index (χ2v) is 4.62. The van der Waals surface area contributed by atoms with Gasteiger partial charge in [0.05, 0.1) is 0 Å². The van der Waals surface area contributed by atoms with Crippen LogP contribution < -0.4 is 4.74 Å². The number of hydrogen-bond donors (Lipinski definition) is 0. The molecule has 0 unspecified atom stereocenters. The quantitative estimate of drug-likeness (QED) is 0.314. The Hall–Kier alpha value is -1.23. The molecular weight excluding hydrogens is 298 g/mol. The van der Waals surface area contributed by atoms with Gasteiger partial charge < -0.3 is 9.47 Å². The topological polar surface area (TPSA) is 67.2 Å². The summed E-state index contributed by atoms with van der Waals surface area (Å²) in [5.74, 6) is 0.767. The highest BCUT2D eigenvalue weighted by atomic mass is 79.9. The third-order valence-corrected chi connectivity index (χ3v) is 2.90. The fraction of sp³-hybridized carbons (Fsp3) is 0.500. The van der Waals surface area contributed by atoms with E-state index in [0.29, 0.717) is 0 Å². The van der Waals surface area contributed by atoms with Crippen LogP contribution in [0.25, 0.3) is 10.4 Å². The number of hydrogen-bond acceptors (Lipinski definition) is 3. The highest BCUT2D eigenvalue weighted by molar-refractivity contribution is 9.10. The molecule has 0 saturated heterocycles. The van der Waals surface area contributed by atoms with Gasteiger partial charge in [-0.2, -0.15) is 0 Å². The Labute approximate surface area is 115 Å². The van der Waals surface area contributed by atoms with E-state index in [1.165, 1.54) is 0 Å². The van der Waals surface area contributed by atoms with Crippen LogP contribution in [-0.2, 0) is 11.2 Å². The van der Waals surface area contributed by atoms with Crippen molar-refractivity contribution < 1.29 is 9.47 Å². The number of halogens is 1. The van der Waals surface area contributed by atoms with E-state index in [9.17, 15) is 0 Å². The van der Waals surface area contributed by atoms with Crippen LogP contribution in [0.5, 0.6) is 5.75 Å². The summed E-state index contributed by atoms with van der Waals surface area (Å²) in [4.78, 5) is 2.66. The maximum absolute atomic E-state index is 8.22. The fourth-order valence-electron chi connectivity index (χ4n) is 1.57. The van der Waals surface area contributed by atoms with Crippen LogP contribution in [0, 0.1) is 0 Å². The van der Waals surface area contributed by atoms with E-state index in [-0.39, 0.29) is 6.73 Å². The summed E-state index contributed by atoms with van der Waals surface area (Å²) >= 11 is 3.44.